The number of carbonyl (C=O) groups is 2. The van der Waals surface area contributed by atoms with E-state index in [1.807, 2.05) is 60.7 Å². The van der Waals surface area contributed by atoms with Crippen LogP contribution in [0.25, 0.3) is 0 Å². The highest BCUT2D eigenvalue weighted by atomic mass is 16.5. The molecule has 0 radical (unpaired) electrons. The first-order valence-electron chi connectivity index (χ1n) is 9.77. The predicted octanol–water partition coefficient (Wildman–Crippen LogP) is 2.61. The van der Waals surface area contributed by atoms with E-state index >= 15 is 0 Å². The van der Waals surface area contributed by atoms with Crippen molar-refractivity contribution in [3.8, 4) is 11.6 Å². The van der Waals surface area contributed by atoms with E-state index in [0.717, 1.165) is 5.56 Å². The lowest BCUT2D eigenvalue weighted by Gasteiger charge is -2.20. The van der Waals surface area contributed by atoms with E-state index in [1.54, 1.807) is 18.3 Å². The van der Waals surface area contributed by atoms with Gasteiger partial charge in [-0.2, -0.15) is 5.10 Å². The molecule has 2 amide bonds. The van der Waals surface area contributed by atoms with Crippen LogP contribution in [-0.2, 0) is 16.1 Å². The maximum atomic E-state index is 12.7. The number of carbonyl (C=O) groups excluding carboxylic acids is 2. The number of amides is 2. The second kappa shape index (κ2) is 9.08. The van der Waals surface area contributed by atoms with Crippen molar-refractivity contribution in [2.75, 3.05) is 5.01 Å². The lowest BCUT2D eigenvalue weighted by molar-refractivity contribution is -0.119. The highest BCUT2D eigenvalue weighted by Crippen LogP contribution is 2.24. The summed E-state index contributed by atoms with van der Waals surface area (Å²) in [6.07, 6.45) is 1.77. The summed E-state index contributed by atoms with van der Waals surface area (Å²) in [6.45, 7) is 0.262. The van der Waals surface area contributed by atoms with Gasteiger partial charge < -0.3 is 15.8 Å². The van der Waals surface area contributed by atoms with Gasteiger partial charge in [-0.15, -0.1) is 0 Å². The number of hydrogen-bond acceptors (Lipinski definition) is 6. The molecular formula is C23H21N5O3. The number of para-hydroxylation sites is 2. The summed E-state index contributed by atoms with van der Waals surface area (Å²) in [5.41, 5.74) is 7.30. The molecule has 2 heterocycles. The summed E-state index contributed by atoms with van der Waals surface area (Å²) in [6, 6.07) is 21.3. The minimum absolute atomic E-state index is 0.148. The summed E-state index contributed by atoms with van der Waals surface area (Å²) < 4.78 is 5.72. The van der Waals surface area contributed by atoms with E-state index in [1.165, 1.54) is 5.01 Å². The Morgan fingerprint density at radius 3 is 2.48 bits per heavy atom. The van der Waals surface area contributed by atoms with Crippen molar-refractivity contribution in [1.82, 2.24) is 10.3 Å². The van der Waals surface area contributed by atoms with Crippen LogP contribution in [0.2, 0.25) is 0 Å². The van der Waals surface area contributed by atoms with Crippen molar-refractivity contribution in [2.45, 2.75) is 19.0 Å². The van der Waals surface area contributed by atoms with Crippen LogP contribution in [0.5, 0.6) is 11.6 Å². The standard InChI is InChI=1S/C23H21N5O3/c24-22(29)20-14-19(27-28(20)17-7-3-1-4-8-17)23(30)26-15-16-11-12-25-21(13-16)31-18-9-5-2-6-10-18/h1-13,20H,14-15H2,(H2,24,29)(H,26,30). The van der Waals surface area contributed by atoms with E-state index in [-0.39, 0.29) is 24.6 Å². The molecule has 0 spiro atoms. The first kappa shape index (κ1) is 20.1. The molecule has 0 bridgehead atoms. The maximum Gasteiger partial charge on any atom is 0.267 e. The van der Waals surface area contributed by atoms with Crippen molar-refractivity contribution < 1.29 is 14.3 Å². The number of aromatic nitrogens is 1. The highest BCUT2D eigenvalue weighted by molar-refractivity contribution is 6.40. The third-order valence-electron chi connectivity index (χ3n) is 4.74. The van der Waals surface area contributed by atoms with Crippen LogP contribution in [0, 0.1) is 0 Å². The van der Waals surface area contributed by atoms with Crippen LogP contribution in [0.1, 0.15) is 12.0 Å². The number of nitrogens with zero attached hydrogens (tertiary/aromatic N) is 3. The Kier molecular flexibility index (Phi) is 5.89. The van der Waals surface area contributed by atoms with Crippen LogP contribution >= 0.6 is 0 Å². The van der Waals surface area contributed by atoms with Crippen molar-refractivity contribution in [3.63, 3.8) is 0 Å². The number of nitrogens with two attached hydrogens (primary N) is 1. The first-order chi connectivity index (χ1) is 15.1. The Bertz CT molecular complexity index is 1100. The van der Waals surface area contributed by atoms with Crippen LogP contribution in [-0.4, -0.2) is 28.6 Å². The molecule has 8 nitrogen and oxygen atoms in total. The molecular weight excluding hydrogens is 394 g/mol. The Morgan fingerprint density at radius 1 is 1.06 bits per heavy atom. The SMILES string of the molecule is NC(=O)C1CC(C(=O)NCc2ccnc(Oc3ccccc3)c2)=NN1c1ccccc1. The molecule has 3 aromatic rings. The van der Waals surface area contributed by atoms with Gasteiger partial charge in [-0.05, 0) is 35.9 Å². The van der Waals surface area contributed by atoms with Crippen molar-refractivity contribution in [2.24, 2.45) is 10.8 Å². The monoisotopic (exact) mass is 415 g/mol. The number of ether oxygens (including phenoxy) is 1. The zero-order valence-corrected chi connectivity index (χ0v) is 16.6. The molecule has 31 heavy (non-hydrogen) atoms. The van der Waals surface area contributed by atoms with Crippen LogP contribution in [0.15, 0.2) is 84.1 Å². The lowest BCUT2D eigenvalue weighted by atomic mass is 10.1. The van der Waals surface area contributed by atoms with Gasteiger partial charge in [0.15, 0.2) is 0 Å². The minimum atomic E-state index is -0.699. The zero-order chi connectivity index (χ0) is 21.6. The molecule has 8 heteroatoms. The molecule has 0 fully saturated rings. The van der Waals surface area contributed by atoms with Gasteiger partial charge in [0.05, 0.1) is 5.69 Å². The quantitative estimate of drug-likeness (QED) is 0.616. The molecule has 1 atom stereocenters. The summed E-state index contributed by atoms with van der Waals surface area (Å²) in [5.74, 6) is 0.217. The van der Waals surface area contributed by atoms with E-state index < -0.39 is 11.9 Å². The van der Waals surface area contributed by atoms with Crippen molar-refractivity contribution in [1.29, 1.82) is 0 Å². The van der Waals surface area contributed by atoms with Crippen molar-refractivity contribution in [3.05, 3.63) is 84.6 Å². The number of rotatable bonds is 7. The molecule has 4 rings (SSSR count). The van der Waals surface area contributed by atoms with Gasteiger partial charge in [0.1, 0.15) is 17.5 Å². The van der Waals surface area contributed by atoms with Gasteiger partial charge in [0, 0.05) is 25.2 Å². The van der Waals surface area contributed by atoms with Crippen LogP contribution < -0.4 is 20.8 Å². The van der Waals surface area contributed by atoms with E-state index in [9.17, 15) is 9.59 Å². The number of hydrazone groups is 1. The van der Waals surface area contributed by atoms with Gasteiger partial charge in [0.25, 0.3) is 5.91 Å². The van der Waals surface area contributed by atoms with Gasteiger partial charge in [-0.25, -0.2) is 4.98 Å². The number of pyridine rings is 1. The minimum Gasteiger partial charge on any atom is -0.439 e. The lowest BCUT2D eigenvalue weighted by Crippen LogP contribution is -2.39. The average Bonchev–Trinajstić information content (AvgIpc) is 3.25. The number of benzene rings is 2. The summed E-state index contributed by atoms with van der Waals surface area (Å²) in [4.78, 5) is 28.7. The number of nitrogens with one attached hydrogen (secondary N) is 1. The number of anilines is 1. The zero-order valence-electron chi connectivity index (χ0n) is 16.6. The summed E-state index contributed by atoms with van der Waals surface area (Å²) in [5, 5.41) is 8.67. The molecule has 1 unspecified atom stereocenters. The summed E-state index contributed by atoms with van der Waals surface area (Å²) >= 11 is 0. The Labute approximate surface area is 179 Å². The van der Waals surface area contributed by atoms with Gasteiger partial charge in [0.2, 0.25) is 11.8 Å². The van der Waals surface area contributed by atoms with Crippen molar-refractivity contribution >= 4 is 23.2 Å². The Hall–Kier alpha value is -4.20. The van der Waals surface area contributed by atoms with Gasteiger partial charge in [-0.1, -0.05) is 36.4 Å². The second-order valence-corrected chi connectivity index (χ2v) is 6.95. The fraction of sp³-hybridized carbons (Fsp3) is 0.130. The molecule has 0 saturated carbocycles. The molecule has 1 aliphatic heterocycles. The van der Waals surface area contributed by atoms with Crippen LogP contribution in [0.4, 0.5) is 5.69 Å². The van der Waals surface area contributed by atoms with E-state index in [2.05, 4.69) is 15.4 Å². The number of hydrogen-bond donors (Lipinski definition) is 2. The number of primary amides is 1. The largest absolute Gasteiger partial charge is 0.439 e. The Balaban J connectivity index is 1.42. The van der Waals surface area contributed by atoms with E-state index in [4.69, 9.17) is 10.5 Å². The predicted molar refractivity (Wildman–Crippen MR) is 117 cm³/mol. The Morgan fingerprint density at radius 2 is 1.77 bits per heavy atom. The molecule has 2 aromatic carbocycles. The van der Waals surface area contributed by atoms with Gasteiger partial charge in [-0.3, -0.25) is 14.6 Å². The molecule has 156 valence electrons. The van der Waals surface area contributed by atoms with E-state index in [0.29, 0.717) is 17.3 Å². The molecule has 3 N–H and O–H groups in total. The molecule has 1 aromatic heterocycles. The summed E-state index contributed by atoms with van der Waals surface area (Å²) in [7, 11) is 0. The molecule has 0 saturated heterocycles. The fourth-order valence-electron chi connectivity index (χ4n) is 3.20. The first-order valence-corrected chi connectivity index (χ1v) is 9.77. The highest BCUT2D eigenvalue weighted by Gasteiger charge is 2.34. The molecule has 0 aliphatic carbocycles. The topological polar surface area (TPSA) is 110 Å². The third-order valence-corrected chi connectivity index (χ3v) is 4.74. The molecule has 1 aliphatic rings. The second-order valence-electron chi connectivity index (χ2n) is 6.95. The normalized spacial score (nSPS) is 15.3. The van der Waals surface area contributed by atoms with Crippen LogP contribution in [0.3, 0.4) is 0 Å². The third kappa shape index (κ3) is 4.87. The maximum absolute atomic E-state index is 12.7. The average molecular weight is 415 g/mol. The smallest absolute Gasteiger partial charge is 0.267 e. The van der Waals surface area contributed by atoms with Gasteiger partial charge >= 0.3 is 0 Å². The fourth-order valence-corrected chi connectivity index (χ4v) is 3.20.